The van der Waals surface area contributed by atoms with Crippen LogP contribution in [0.25, 0.3) is 0 Å². The highest BCUT2D eigenvalue weighted by Gasteiger charge is 2.10. The molecule has 1 rings (SSSR count). The Labute approximate surface area is 113 Å². The van der Waals surface area contributed by atoms with Gasteiger partial charge in [0.2, 0.25) is 0 Å². The normalized spacial score (nSPS) is 15.1. The van der Waals surface area contributed by atoms with Crippen LogP contribution in [-0.4, -0.2) is 8.07 Å². The molecule has 0 aromatic carbocycles. The first kappa shape index (κ1) is 14.6. The van der Waals surface area contributed by atoms with E-state index in [2.05, 4.69) is 55.6 Å². The minimum absolute atomic E-state index is 0.927. The van der Waals surface area contributed by atoms with Gasteiger partial charge in [-0.25, -0.2) is 0 Å². The van der Waals surface area contributed by atoms with Crippen molar-refractivity contribution in [3.8, 4) is 23.3 Å². The van der Waals surface area contributed by atoms with Crippen LogP contribution in [0.1, 0.15) is 26.2 Å². The van der Waals surface area contributed by atoms with E-state index in [0.717, 1.165) is 18.4 Å². The summed E-state index contributed by atoms with van der Waals surface area (Å²) in [6.45, 7) is 12.5. The Balaban J connectivity index is 2.79. The maximum Gasteiger partial charge on any atom is 0.129 e. The van der Waals surface area contributed by atoms with E-state index in [-0.39, 0.29) is 0 Å². The fraction of sp³-hybridized carbons (Fsp3) is 0.412. The summed E-state index contributed by atoms with van der Waals surface area (Å²) in [5.74, 6) is 9.46. The maximum absolute atomic E-state index is 3.81. The van der Waals surface area contributed by atoms with Crippen molar-refractivity contribution in [1.29, 1.82) is 0 Å². The van der Waals surface area contributed by atoms with Crippen molar-refractivity contribution in [2.24, 2.45) is 0 Å². The predicted molar refractivity (Wildman–Crippen MR) is 83.7 cm³/mol. The van der Waals surface area contributed by atoms with Crippen molar-refractivity contribution in [2.75, 3.05) is 0 Å². The molecule has 1 aliphatic carbocycles. The molecule has 94 valence electrons. The quantitative estimate of drug-likeness (QED) is 0.478. The summed E-state index contributed by atoms with van der Waals surface area (Å²) in [5.41, 5.74) is 6.89. The van der Waals surface area contributed by atoms with Crippen LogP contribution in [0.3, 0.4) is 0 Å². The second-order valence-electron chi connectivity index (χ2n) is 5.74. The van der Waals surface area contributed by atoms with E-state index in [1.54, 1.807) is 0 Å². The fourth-order valence-corrected chi connectivity index (χ4v) is 2.19. The average Bonchev–Trinajstić information content (AvgIpc) is 2.67. The van der Waals surface area contributed by atoms with E-state index in [4.69, 9.17) is 0 Å². The summed E-state index contributed by atoms with van der Waals surface area (Å²) in [6, 6.07) is 0. The van der Waals surface area contributed by atoms with Gasteiger partial charge in [-0.05, 0) is 49.5 Å². The average molecular weight is 254 g/mol. The van der Waals surface area contributed by atoms with Gasteiger partial charge < -0.3 is 0 Å². The zero-order valence-corrected chi connectivity index (χ0v) is 13.0. The molecule has 0 bridgehead atoms. The van der Waals surface area contributed by atoms with Crippen molar-refractivity contribution in [3.05, 3.63) is 35.5 Å². The third kappa shape index (κ3) is 5.76. The molecule has 0 N–H and O–H groups in total. The van der Waals surface area contributed by atoms with Crippen molar-refractivity contribution in [1.82, 2.24) is 0 Å². The molecule has 0 heterocycles. The minimum atomic E-state index is -1.25. The summed E-state index contributed by atoms with van der Waals surface area (Å²) in [4.78, 5) is 0. The Bertz CT molecular complexity index is 502. The first-order chi connectivity index (χ1) is 8.38. The monoisotopic (exact) mass is 254 g/mol. The van der Waals surface area contributed by atoms with Gasteiger partial charge in [0.15, 0.2) is 0 Å². The summed E-state index contributed by atoms with van der Waals surface area (Å²) in [6.07, 6.45) is 7.57. The fourth-order valence-electron chi connectivity index (χ4n) is 1.68. The minimum Gasteiger partial charge on any atom is -0.127 e. The maximum atomic E-state index is 3.81. The van der Waals surface area contributed by atoms with Crippen LogP contribution in [0.4, 0.5) is 0 Å². The lowest BCUT2D eigenvalue weighted by molar-refractivity contribution is 0.908. The summed E-state index contributed by atoms with van der Waals surface area (Å²) in [5, 5.41) is 0. The second-order valence-corrected chi connectivity index (χ2v) is 10.5. The van der Waals surface area contributed by atoms with Crippen LogP contribution in [0, 0.1) is 23.3 Å². The van der Waals surface area contributed by atoms with Crippen LogP contribution < -0.4 is 0 Å². The number of hydrogen-bond donors (Lipinski definition) is 0. The number of rotatable bonds is 1. The van der Waals surface area contributed by atoms with E-state index >= 15 is 0 Å². The van der Waals surface area contributed by atoms with Gasteiger partial charge in [0.1, 0.15) is 8.07 Å². The Morgan fingerprint density at radius 1 is 1.28 bits per heavy atom. The lowest BCUT2D eigenvalue weighted by Gasteiger charge is -2.02. The molecule has 0 aromatic heterocycles. The van der Waals surface area contributed by atoms with Crippen LogP contribution in [0.5, 0.6) is 0 Å². The molecular weight excluding hydrogens is 232 g/mol. The zero-order valence-electron chi connectivity index (χ0n) is 12.0. The van der Waals surface area contributed by atoms with Crippen molar-refractivity contribution < 1.29 is 0 Å². The number of allylic oxidation sites excluding steroid dienone is 5. The molecule has 0 spiro atoms. The Kier molecular flexibility index (Phi) is 5.26. The molecular formula is C17H22Si. The first-order valence-electron chi connectivity index (χ1n) is 6.47. The molecule has 0 unspecified atom stereocenters. The van der Waals surface area contributed by atoms with Gasteiger partial charge in [0.25, 0.3) is 0 Å². The molecule has 1 heteroatoms. The molecule has 1 aliphatic rings. The highest BCUT2D eigenvalue weighted by molar-refractivity contribution is 6.83. The SMILES string of the molecule is C=C(C)C#CC1=C(/C=C\C#C[Si](C)(C)C)CCC1. The molecule has 0 radical (unpaired) electrons. The van der Waals surface area contributed by atoms with Crippen LogP contribution in [-0.2, 0) is 0 Å². The van der Waals surface area contributed by atoms with Crippen LogP contribution in [0.2, 0.25) is 19.6 Å². The van der Waals surface area contributed by atoms with Gasteiger partial charge in [-0.1, -0.05) is 44.0 Å². The molecule has 0 nitrogen and oxygen atoms in total. The Morgan fingerprint density at radius 2 is 2.00 bits per heavy atom. The predicted octanol–water partition coefficient (Wildman–Crippen LogP) is 4.48. The van der Waals surface area contributed by atoms with Gasteiger partial charge in [0.05, 0.1) is 0 Å². The molecule has 0 amide bonds. The summed E-state index contributed by atoms with van der Waals surface area (Å²) in [7, 11) is -1.25. The highest BCUT2D eigenvalue weighted by Crippen LogP contribution is 2.26. The standard InChI is InChI=1S/C17H22Si/c1-15(2)12-13-17-11-8-10-16(17)9-6-7-14-18(3,4)5/h6,9H,1,8,10-11H2,2-5H3/b9-6-. The molecule has 0 aliphatic heterocycles. The lowest BCUT2D eigenvalue weighted by atomic mass is 10.1. The van der Waals surface area contributed by atoms with Crippen molar-refractivity contribution in [3.63, 3.8) is 0 Å². The molecule has 0 atom stereocenters. The molecule has 0 aromatic rings. The van der Waals surface area contributed by atoms with Gasteiger partial charge in [-0.2, -0.15) is 0 Å². The smallest absolute Gasteiger partial charge is 0.127 e. The van der Waals surface area contributed by atoms with Crippen LogP contribution in [0.15, 0.2) is 35.5 Å². The molecule has 18 heavy (non-hydrogen) atoms. The van der Waals surface area contributed by atoms with Gasteiger partial charge in [-0.15, -0.1) is 5.54 Å². The summed E-state index contributed by atoms with van der Waals surface area (Å²) >= 11 is 0. The topological polar surface area (TPSA) is 0 Å². The van der Waals surface area contributed by atoms with Crippen LogP contribution >= 0.6 is 0 Å². The second kappa shape index (κ2) is 6.48. The third-order valence-corrected chi connectivity index (χ3v) is 3.40. The highest BCUT2D eigenvalue weighted by atomic mass is 28.3. The third-order valence-electron chi connectivity index (χ3n) is 2.50. The van der Waals surface area contributed by atoms with Crippen molar-refractivity contribution >= 4 is 8.07 Å². The van der Waals surface area contributed by atoms with E-state index < -0.39 is 8.07 Å². The number of hydrogen-bond acceptors (Lipinski definition) is 0. The van der Waals surface area contributed by atoms with E-state index in [1.165, 1.54) is 17.6 Å². The van der Waals surface area contributed by atoms with Gasteiger partial charge in [0, 0.05) is 5.57 Å². The van der Waals surface area contributed by atoms with E-state index in [0.29, 0.717) is 0 Å². The van der Waals surface area contributed by atoms with Gasteiger partial charge >= 0.3 is 0 Å². The molecule has 0 saturated heterocycles. The van der Waals surface area contributed by atoms with Crippen molar-refractivity contribution in [2.45, 2.75) is 45.8 Å². The molecule has 0 fully saturated rings. The van der Waals surface area contributed by atoms with Gasteiger partial charge in [-0.3, -0.25) is 0 Å². The van der Waals surface area contributed by atoms with E-state index in [1.807, 2.05) is 13.0 Å². The largest absolute Gasteiger partial charge is 0.129 e. The Hall–Kier alpha value is -1.44. The van der Waals surface area contributed by atoms with E-state index in [9.17, 15) is 0 Å². The molecule has 0 saturated carbocycles. The Morgan fingerprint density at radius 3 is 2.61 bits per heavy atom. The lowest BCUT2D eigenvalue weighted by Crippen LogP contribution is -2.16. The zero-order chi connectivity index (χ0) is 13.6. The first-order valence-corrected chi connectivity index (χ1v) is 9.97. The summed E-state index contributed by atoms with van der Waals surface area (Å²) < 4.78 is 0.